The number of halogens is 1. The molecule has 2 aromatic carbocycles. The van der Waals surface area contributed by atoms with Crippen LogP contribution in [0.4, 0.5) is 5.69 Å². The molecule has 0 aliphatic carbocycles. The standard InChI is InChI=1S/C21H21ClN4O3/c1-13-7-8-16(22)18(9-13)29-12-14-5-4-6-15(10-14)20(27)24-17-11-26(3)25-19(17)21(28)23-2/h4-11H,12H2,1-3H3,(H,23,28)(H,24,27). The highest BCUT2D eigenvalue weighted by Crippen LogP contribution is 2.26. The number of benzene rings is 2. The summed E-state index contributed by atoms with van der Waals surface area (Å²) in [5.74, 6) is -0.135. The van der Waals surface area contributed by atoms with Crippen LogP contribution in [0.3, 0.4) is 0 Å². The summed E-state index contributed by atoms with van der Waals surface area (Å²) in [6.45, 7) is 2.22. The first-order chi connectivity index (χ1) is 13.9. The molecule has 0 aliphatic rings. The molecule has 1 aromatic heterocycles. The van der Waals surface area contributed by atoms with E-state index in [1.54, 1.807) is 37.5 Å². The van der Waals surface area contributed by atoms with Gasteiger partial charge in [-0.3, -0.25) is 14.3 Å². The SMILES string of the molecule is CNC(=O)c1nn(C)cc1NC(=O)c1cccc(COc2cc(C)ccc2Cl)c1. The van der Waals surface area contributed by atoms with Gasteiger partial charge in [0, 0.05) is 25.9 Å². The summed E-state index contributed by atoms with van der Waals surface area (Å²) in [7, 11) is 3.18. The normalized spacial score (nSPS) is 10.5. The van der Waals surface area contributed by atoms with Crippen molar-refractivity contribution in [2.24, 2.45) is 7.05 Å². The molecule has 3 rings (SSSR count). The van der Waals surface area contributed by atoms with Crippen LogP contribution in [0.25, 0.3) is 0 Å². The fourth-order valence-electron chi connectivity index (χ4n) is 2.75. The highest BCUT2D eigenvalue weighted by atomic mass is 35.5. The lowest BCUT2D eigenvalue weighted by Crippen LogP contribution is -2.21. The summed E-state index contributed by atoms with van der Waals surface area (Å²) in [6.07, 6.45) is 1.58. The maximum Gasteiger partial charge on any atom is 0.273 e. The molecule has 3 aromatic rings. The summed E-state index contributed by atoms with van der Waals surface area (Å²) < 4.78 is 7.26. The van der Waals surface area contributed by atoms with E-state index in [-0.39, 0.29) is 24.1 Å². The highest BCUT2D eigenvalue weighted by molar-refractivity contribution is 6.32. The number of carbonyl (C=O) groups excluding carboxylic acids is 2. The number of rotatable bonds is 6. The van der Waals surface area contributed by atoms with Crippen LogP contribution in [0.15, 0.2) is 48.7 Å². The van der Waals surface area contributed by atoms with Gasteiger partial charge in [0.05, 0.1) is 10.7 Å². The highest BCUT2D eigenvalue weighted by Gasteiger charge is 2.17. The number of amides is 2. The maximum atomic E-state index is 12.7. The van der Waals surface area contributed by atoms with E-state index in [1.807, 2.05) is 25.1 Å². The Morgan fingerprint density at radius 2 is 1.97 bits per heavy atom. The second kappa shape index (κ2) is 8.79. The predicted molar refractivity (Wildman–Crippen MR) is 112 cm³/mol. The lowest BCUT2D eigenvalue weighted by molar-refractivity contribution is 0.0958. The second-order valence-corrected chi connectivity index (χ2v) is 6.93. The Kier molecular flexibility index (Phi) is 6.19. The number of hydrogen-bond donors (Lipinski definition) is 2. The van der Waals surface area contributed by atoms with Gasteiger partial charge in [-0.25, -0.2) is 0 Å². The van der Waals surface area contributed by atoms with Gasteiger partial charge in [-0.2, -0.15) is 5.10 Å². The quantitative estimate of drug-likeness (QED) is 0.648. The van der Waals surface area contributed by atoms with Gasteiger partial charge in [0.1, 0.15) is 12.4 Å². The number of nitrogens with one attached hydrogen (secondary N) is 2. The van der Waals surface area contributed by atoms with E-state index < -0.39 is 0 Å². The zero-order chi connectivity index (χ0) is 21.0. The summed E-state index contributed by atoms with van der Waals surface area (Å²) in [6, 6.07) is 12.6. The molecular formula is C21H21ClN4O3. The number of nitrogens with zero attached hydrogens (tertiary/aromatic N) is 2. The second-order valence-electron chi connectivity index (χ2n) is 6.52. The summed E-state index contributed by atoms with van der Waals surface area (Å²) in [4.78, 5) is 24.6. The smallest absolute Gasteiger partial charge is 0.273 e. The summed E-state index contributed by atoms with van der Waals surface area (Å²) >= 11 is 6.16. The molecule has 150 valence electrons. The van der Waals surface area contributed by atoms with Crippen LogP contribution < -0.4 is 15.4 Å². The van der Waals surface area contributed by atoms with Crippen LogP contribution in [-0.2, 0) is 13.7 Å². The van der Waals surface area contributed by atoms with Crippen molar-refractivity contribution in [3.63, 3.8) is 0 Å². The Labute approximate surface area is 173 Å². The van der Waals surface area contributed by atoms with Crippen LogP contribution in [0.5, 0.6) is 5.75 Å². The summed E-state index contributed by atoms with van der Waals surface area (Å²) in [5, 5.41) is 9.85. The number of aromatic nitrogens is 2. The molecule has 2 N–H and O–H groups in total. The third-order valence-electron chi connectivity index (χ3n) is 4.19. The van der Waals surface area contributed by atoms with E-state index in [9.17, 15) is 9.59 Å². The number of aryl methyl sites for hydroxylation is 2. The minimum atomic E-state index is -0.377. The van der Waals surface area contributed by atoms with Crippen molar-refractivity contribution in [3.8, 4) is 5.75 Å². The molecule has 0 fully saturated rings. The Hall–Kier alpha value is -3.32. The van der Waals surface area contributed by atoms with Gasteiger partial charge in [0.15, 0.2) is 5.69 Å². The van der Waals surface area contributed by atoms with E-state index in [2.05, 4.69) is 15.7 Å². The molecule has 0 aliphatic heterocycles. The lowest BCUT2D eigenvalue weighted by Gasteiger charge is -2.10. The Morgan fingerprint density at radius 1 is 1.17 bits per heavy atom. The monoisotopic (exact) mass is 412 g/mol. The predicted octanol–water partition coefficient (Wildman–Crippen LogP) is 3.57. The number of carbonyl (C=O) groups is 2. The molecular weight excluding hydrogens is 392 g/mol. The molecule has 7 nitrogen and oxygen atoms in total. The van der Waals surface area contributed by atoms with E-state index >= 15 is 0 Å². The lowest BCUT2D eigenvalue weighted by atomic mass is 10.1. The van der Waals surface area contributed by atoms with Crippen LogP contribution >= 0.6 is 11.6 Å². The molecule has 0 saturated heterocycles. The van der Waals surface area contributed by atoms with Crippen molar-refractivity contribution in [3.05, 3.63) is 76.1 Å². The first-order valence-electron chi connectivity index (χ1n) is 8.92. The van der Waals surface area contributed by atoms with Gasteiger partial charge in [0.25, 0.3) is 11.8 Å². The van der Waals surface area contributed by atoms with E-state index in [0.717, 1.165) is 11.1 Å². The Bertz CT molecular complexity index is 1060. The fourth-order valence-corrected chi connectivity index (χ4v) is 2.92. The van der Waals surface area contributed by atoms with Crippen molar-refractivity contribution < 1.29 is 14.3 Å². The summed E-state index contributed by atoms with van der Waals surface area (Å²) in [5.41, 5.74) is 2.78. The minimum Gasteiger partial charge on any atom is -0.487 e. The van der Waals surface area contributed by atoms with Crippen molar-refractivity contribution in [2.75, 3.05) is 12.4 Å². The van der Waals surface area contributed by atoms with Crippen LogP contribution in [0.1, 0.15) is 32.0 Å². The van der Waals surface area contributed by atoms with Gasteiger partial charge in [-0.05, 0) is 42.3 Å². The molecule has 1 heterocycles. The molecule has 0 atom stereocenters. The van der Waals surface area contributed by atoms with Crippen LogP contribution in [-0.4, -0.2) is 28.6 Å². The van der Waals surface area contributed by atoms with Crippen molar-refractivity contribution in [2.45, 2.75) is 13.5 Å². The molecule has 0 saturated carbocycles. The Balaban J connectivity index is 1.73. The minimum absolute atomic E-state index is 0.150. The average Bonchev–Trinajstić information content (AvgIpc) is 3.08. The van der Waals surface area contributed by atoms with Gasteiger partial charge in [-0.1, -0.05) is 29.8 Å². The molecule has 0 unspecified atom stereocenters. The molecule has 29 heavy (non-hydrogen) atoms. The van der Waals surface area contributed by atoms with Crippen molar-refractivity contribution >= 4 is 29.1 Å². The van der Waals surface area contributed by atoms with E-state index in [1.165, 1.54) is 11.7 Å². The molecule has 0 spiro atoms. The molecule has 0 bridgehead atoms. The number of anilines is 1. The largest absolute Gasteiger partial charge is 0.487 e. The fraction of sp³-hybridized carbons (Fsp3) is 0.190. The van der Waals surface area contributed by atoms with Gasteiger partial charge in [-0.15, -0.1) is 0 Å². The van der Waals surface area contributed by atoms with Gasteiger partial charge in [0.2, 0.25) is 0 Å². The molecule has 8 heteroatoms. The zero-order valence-electron chi connectivity index (χ0n) is 16.3. The first kappa shape index (κ1) is 20.4. The average molecular weight is 413 g/mol. The number of ether oxygens (including phenoxy) is 1. The molecule has 2 amide bonds. The van der Waals surface area contributed by atoms with Crippen LogP contribution in [0.2, 0.25) is 5.02 Å². The van der Waals surface area contributed by atoms with Gasteiger partial charge >= 0.3 is 0 Å². The topological polar surface area (TPSA) is 85.3 Å². The zero-order valence-corrected chi connectivity index (χ0v) is 17.1. The van der Waals surface area contributed by atoms with E-state index in [4.69, 9.17) is 16.3 Å². The first-order valence-corrected chi connectivity index (χ1v) is 9.30. The van der Waals surface area contributed by atoms with Crippen molar-refractivity contribution in [1.29, 1.82) is 0 Å². The van der Waals surface area contributed by atoms with Crippen LogP contribution in [0, 0.1) is 6.92 Å². The third kappa shape index (κ3) is 4.94. The van der Waals surface area contributed by atoms with Crippen molar-refractivity contribution in [1.82, 2.24) is 15.1 Å². The third-order valence-corrected chi connectivity index (χ3v) is 4.50. The van der Waals surface area contributed by atoms with E-state index in [0.29, 0.717) is 22.0 Å². The molecule has 0 radical (unpaired) electrons. The Morgan fingerprint density at radius 3 is 2.72 bits per heavy atom. The number of hydrogen-bond acceptors (Lipinski definition) is 4. The maximum absolute atomic E-state index is 12.7. The van der Waals surface area contributed by atoms with Gasteiger partial charge < -0.3 is 15.4 Å².